The highest BCUT2D eigenvalue weighted by Gasteiger charge is 2.13. The zero-order chi connectivity index (χ0) is 11.7. The van der Waals surface area contributed by atoms with Gasteiger partial charge in [0.25, 0.3) is 0 Å². The molecule has 2 rings (SSSR count). The molecule has 1 heterocycles. The standard InChI is InChI=1S/C12H7ClO2S/c1-3-7-4-5-8-6-9(12(14)15-2)16-11(8)10(7)13/h1,4-6H,2H3. The maximum absolute atomic E-state index is 11.4. The minimum Gasteiger partial charge on any atom is -0.465 e. The number of carbonyl (C=O) groups excluding carboxylic acids is 1. The zero-order valence-corrected chi connectivity index (χ0v) is 9.98. The van der Waals surface area contributed by atoms with Crippen molar-refractivity contribution in [2.24, 2.45) is 0 Å². The summed E-state index contributed by atoms with van der Waals surface area (Å²) in [6.07, 6.45) is 5.31. The molecule has 2 nitrogen and oxygen atoms in total. The molecule has 0 saturated heterocycles. The Morgan fingerprint density at radius 3 is 2.94 bits per heavy atom. The average Bonchev–Trinajstić information content (AvgIpc) is 2.73. The lowest BCUT2D eigenvalue weighted by molar-refractivity contribution is 0.0606. The van der Waals surface area contributed by atoms with E-state index in [9.17, 15) is 4.79 Å². The van der Waals surface area contributed by atoms with Crippen molar-refractivity contribution < 1.29 is 9.53 Å². The number of hydrogen-bond donors (Lipinski definition) is 0. The lowest BCUT2D eigenvalue weighted by Gasteiger charge is -1.96. The Balaban J connectivity index is 2.68. The van der Waals surface area contributed by atoms with Crippen LogP contribution < -0.4 is 0 Å². The minimum atomic E-state index is -0.362. The highest BCUT2D eigenvalue weighted by molar-refractivity contribution is 7.21. The summed E-state index contributed by atoms with van der Waals surface area (Å²) in [6, 6.07) is 5.36. The number of rotatable bonds is 1. The van der Waals surface area contributed by atoms with Crippen LogP contribution in [-0.2, 0) is 4.74 Å². The number of methoxy groups -OCH3 is 1. The summed E-state index contributed by atoms with van der Waals surface area (Å²) < 4.78 is 5.47. The van der Waals surface area contributed by atoms with E-state index in [0.29, 0.717) is 15.5 Å². The quantitative estimate of drug-likeness (QED) is 0.573. The van der Waals surface area contributed by atoms with E-state index in [-0.39, 0.29) is 5.97 Å². The Morgan fingerprint density at radius 2 is 2.31 bits per heavy atom. The smallest absolute Gasteiger partial charge is 0.348 e. The summed E-state index contributed by atoms with van der Waals surface area (Å²) in [6.45, 7) is 0. The number of benzene rings is 1. The molecular weight excluding hydrogens is 244 g/mol. The van der Waals surface area contributed by atoms with Crippen molar-refractivity contribution in [3.05, 3.63) is 33.7 Å². The number of thiophene rings is 1. The van der Waals surface area contributed by atoms with Crippen molar-refractivity contribution in [2.45, 2.75) is 0 Å². The summed E-state index contributed by atoms with van der Waals surface area (Å²) in [4.78, 5) is 11.9. The molecule has 80 valence electrons. The third-order valence-electron chi connectivity index (χ3n) is 2.17. The highest BCUT2D eigenvalue weighted by Crippen LogP contribution is 2.34. The van der Waals surface area contributed by atoms with Gasteiger partial charge in [-0.3, -0.25) is 0 Å². The van der Waals surface area contributed by atoms with Crippen LogP contribution in [0.4, 0.5) is 0 Å². The number of hydrogen-bond acceptors (Lipinski definition) is 3. The summed E-state index contributed by atoms with van der Waals surface area (Å²) in [5.74, 6) is 2.14. The second kappa shape index (κ2) is 4.17. The van der Waals surface area contributed by atoms with Gasteiger partial charge in [0.1, 0.15) is 4.88 Å². The number of carbonyl (C=O) groups is 1. The van der Waals surface area contributed by atoms with Gasteiger partial charge in [-0.1, -0.05) is 23.6 Å². The molecule has 1 aromatic carbocycles. The van der Waals surface area contributed by atoms with Gasteiger partial charge in [-0.25, -0.2) is 4.79 Å². The summed E-state index contributed by atoms with van der Waals surface area (Å²) in [5.41, 5.74) is 0.632. The minimum absolute atomic E-state index is 0.362. The third-order valence-corrected chi connectivity index (χ3v) is 3.82. The summed E-state index contributed by atoms with van der Waals surface area (Å²) in [7, 11) is 1.35. The average molecular weight is 251 g/mol. The van der Waals surface area contributed by atoms with E-state index >= 15 is 0 Å². The van der Waals surface area contributed by atoms with Gasteiger partial charge in [-0.15, -0.1) is 17.8 Å². The van der Waals surface area contributed by atoms with Gasteiger partial charge in [0.15, 0.2) is 0 Å². The van der Waals surface area contributed by atoms with Crippen LogP contribution in [0.25, 0.3) is 10.1 Å². The Labute approximate surface area is 102 Å². The van der Waals surface area contributed by atoms with E-state index in [0.717, 1.165) is 10.1 Å². The van der Waals surface area contributed by atoms with E-state index in [2.05, 4.69) is 10.7 Å². The Kier molecular flexibility index (Phi) is 2.86. The van der Waals surface area contributed by atoms with Gasteiger partial charge in [-0.2, -0.15) is 0 Å². The van der Waals surface area contributed by atoms with Crippen LogP contribution in [0.2, 0.25) is 5.02 Å². The maximum Gasteiger partial charge on any atom is 0.348 e. The number of halogens is 1. The number of ether oxygens (including phenoxy) is 1. The van der Waals surface area contributed by atoms with Crippen LogP contribution in [0.15, 0.2) is 18.2 Å². The third kappa shape index (κ3) is 1.67. The molecule has 0 saturated carbocycles. The van der Waals surface area contributed by atoms with Gasteiger partial charge in [0.2, 0.25) is 0 Å². The number of esters is 1. The molecule has 1 aromatic heterocycles. The topological polar surface area (TPSA) is 26.3 Å². The van der Waals surface area contributed by atoms with Gasteiger partial charge >= 0.3 is 5.97 Å². The van der Waals surface area contributed by atoms with Gasteiger partial charge in [0, 0.05) is 5.56 Å². The molecule has 0 aliphatic rings. The maximum atomic E-state index is 11.4. The molecule has 0 spiro atoms. The van der Waals surface area contributed by atoms with E-state index in [1.807, 2.05) is 6.07 Å². The molecule has 16 heavy (non-hydrogen) atoms. The first-order chi connectivity index (χ1) is 7.67. The fourth-order valence-corrected chi connectivity index (χ4v) is 2.74. The normalized spacial score (nSPS) is 10.1. The SMILES string of the molecule is C#Cc1ccc2cc(C(=O)OC)sc2c1Cl. The molecule has 0 radical (unpaired) electrons. The molecule has 0 aliphatic heterocycles. The molecule has 4 heteroatoms. The fraction of sp³-hybridized carbons (Fsp3) is 0.0833. The monoisotopic (exact) mass is 250 g/mol. The van der Waals surface area contributed by atoms with E-state index in [1.54, 1.807) is 12.1 Å². The molecule has 2 aromatic rings. The van der Waals surface area contributed by atoms with Crippen LogP contribution in [0.5, 0.6) is 0 Å². The van der Waals surface area contributed by atoms with E-state index in [4.69, 9.17) is 18.0 Å². The van der Waals surface area contributed by atoms with Crippen LogP contribution in [0.1, 0.15) is 15.2 Å². The van der Waals surface area contributed by atoms with Gasteiger partial charge < -0.3 is 4.74 Å². The van der Waals surface area contributed by atoms with Crippen molar-refractivity contribution in [1.29, 1.82) is 0 Å². The molecule has 0 unspecified atom stereocenters. The first-order valence-corrected chi connectivity index (χ1v) is 5.63. The molecule has 0 fully saturated rings. The molecule has 0 N–H and O–H groups in total. The van der Waals surface area contributed by atoms with Crippen LogP contribution in [0, 0.1) is 12.3 Å². The van der Waals surface area contributed by atoms with Crippen LogP contribution in [0.3, 0.4) is 0 Å². The second-order valence-electron chi connectivity index (χ2n) is 3.09. The van der Waals surface area contributed by atoms with Crippen molar-refractivity contribution in [3.8, 4) is 12.3 Å². The van der Waals surface area contributed by atoms with E-state index in [1.165, 1.54) is 18.4 Å². The number of terminal acetylenes is 1. The summed E-state index contributed by atoms with van der Waals surface area (Å²) in [5, 5.41) is 1.41. The van der Waals surface area contributed by atoms with Crippen LogP contribution >= 0.6 is 22.9 Å². The first kappa shape index (κ1) is 11.0. The first-order valence-electron chi connectivity index (χ1n) is 4.44. The predicted molar refractivity (Wildman–Crippen MR) is 66.1 cm³/mol. The Morgan fingerprint density at radius 1 is 1.56 bits per heavy atom. The molecule has 0 atom stereocenters. The van der Waals surface area contributed by atoms with Gasteiger partial charge in [-0.05, 0) is 17.5 Å². The zero-order valence-electron chi connectivity index (χ0n) is 8.41. The Hall–Kier alpha value is -1.50. The molecule has 0 amide bonds. The molecule has 0 bridgehead atoms. The summed E-state index contributed by atoms with van der Waals surface area (Å²) >= 11 is 7.40. The van der Waals surface area contributed by atoms with Gasteiger partial charge in [0.05, 0.1) is 16.8 Å². The molecular formula is C12H7ClO2S. The Bertz CT molecular complexity index is 607. The number of fused-ring (bicyclic) bond motifs is 1. The highest BCUT2D eigenvalue weighted by atomic mass is 35.5. The van der Waals surface area contributed by atoms with Crippen molar-refractivity contribution in [3.63, 3.8) is 0 Å². The lowest BCUT2D eigenvalue weighted by atomic mass is 10.2. The van der Waals surface area contributed by atoms with Crippen molar-refractivity contribution in [1.82, 2.24) is 0 Å². The van der Waals surface area contributed by atoms with Crippen LogP contribution in [-0.4, -0.2) is 13.1 Å². The predicted octanol–water partition coefficient (Wildman–Crippen LogP) is 3.32. The fourth-order valence-electron chi connectivity index (χ4n) is 1.38. The lowest BCUT2D eigenvalue weighted by Crippen LogP contribution is -1.96. The largest absolute Gasteiger partial charge is 0.465 e. The van der Waals surface area contributed by atoms with Crippen molar-refractivity contribution >= 4 is 39.0 Å². The molecule has 0 aliphatic carbocycles. The van der Waals surface area contributed by atoms with Crippen molar-refractivity contribution in [2.75, 3.05) is 7.11 Å². The second-order valence-corrected chi connectivity index (χ2v) is 4.52. The van der Waals surface area contributed by atoms with E-state index < -0.39 is 0 Å².